The Kier molecular flexibility index (Phi) is 6.82. The molecule has 0 aliphatic carbocycles. The Morgan fingerprint density at radius 3 is 2.50 bits per heavy atom. The third kappa shape index (κ3) is 5.36. The van der Waals surface area contributed by atoms with E-state index in [2.05, 4.69) is 9.72 Å². The normalized spacial score (nSPS) is 11.4. The van der Waals surface area contributed by atoms with E-state index in [9.17, 15) is 18.0 Å². The molecular formula is C27H22F3NO3. The van der Waals surface area contributed by atoms with Gasteiger partial charge in [-0.2, -0.15) is 13.2 Å². The molecule has 1 aromatic heterocycles. The molecule has 0 spiro atoms. The van der Waals surface area contributed by atoms with Crippen molar-refractivity contribution >= 4 is 16.9 Å². The number of carbonyl (C=O) groups is 1. The Hall–Kier alpha value is -3.87. The van der Waals surface area contributed by atoms with E-state index in [-0.39, 0.29) is 11.5 Å². The van der Waals surface area contributed by atoms with E-state index in [1.54, 1.807) is 30.3 Å². The number of benzene rings is 3. The monoisotopic (exact) mass is 465 g/mol. The summed E-state index contributed by atoms with van der Waals surface area (Å²) in [5.74, 6) is 0.332. The molecule has 4 rings (SSSR count). The van der Waals surface area contributed by atoms with Crippen LogP contribution in [0.3, 0.4) is 0 Å². The highest BCUT2D eigenvalue weighted by Crippen LogP contribution is 2.37. The fraction of sp³-hybridized carbons (Fsp3) is 0.185. The summed E-state index contributed by atoms with van der Waals surface area (Å²) in [7, 11) is 1.37. The van der Waals surface area contributed by atoms with Crippen LogP contribution in [0.4, 0.5) is 13.2 Å². The van der Waals surface area contributed by atoms with Crippen molar-refractivity contribution in [2.24, 2.45) is 0 Å². The maximum Gasteiger partial charge on any atom is 0.418 e. The lowest BCUT2D eigenvalue weighted by Crippen LogP contribution is -2.06. The van der Waals surface area contributed by atoms with E-state index in [0.717, 1.165) is 22.8 Å². The second kappa shape index (κ2) is 9.95. The number of halogens is 3. The highest BCUT2D eigenvalue weighted by molar-refractivity contribution is 5.96. The Labute approximate surface area is 195 Å². The molecule has 0 fully saturated rings. The van der Waals surface area contributed by atoms with Gasteiger partial charge in [-0.3, -0.25) is 9.78 Å². The third-order valence-electron chi connectivity index (χ3n) is 5.46. The molecule has 4 aromatic rings. The largest absolute Gasteiger partial charge is 0.489 e. The van der Waals surface area contributed by atoms with Gasteiger partial charge in [0.15, 0.2) is 0 Å². The zero-order valence-corrected chi connectivity index (χ0v) is 18.4. The summed E-state index contributed by atoms with van der Waals surface area (Å²) < 4.78 is 50.9. The fourth-order valence-electron chi connectivity index (χ4n) is 3.80. The number of hydrogen-bond acceptors (Lipinski definition) is 4. The van der Waals surface area contributed by atoms with Crippen molar-refractivity contribution < 1.29 is 27.4 Å². The first-order valence-corrected chi connectivity index (χ1v) is 10.7. The van der Waals surface area contributed by atoms with Crippen molar-refractivity contribution in [2.75, 3.05) is 7.11 Å². The lowest BCUT2D eigenvalue weighted by Gasteiger charge is -2.13. The molecule has 174 valence electrons. The van der Waals surface area contributed by atoms with Gasteiger partial charge in [0.05, 0.1) is 18.2 Å². The van der Waals surface area contributed by atoms with Gasteiger partial charge in [0.2, 0.25) is 0 Å². The first kappa shape index (κ1) is 23.3. The van der Waals surface area contributed by atoms with Crippen molar-refractivity contribution in [1.29, 1.82) is 0 Å². The Morgan fingerprint density at radius 2 is 1.71 bits per heavy atom. The van der Waals surface area contributed by atoms with Gasteiger partial charge >= 0.3 is 12.1 Å². The number of methoxy groups -OCH3 is 1. The smallest absolute Gasteiger partial charge is 0.418 e. The van der Waals surface area contributed by atoms with E-state index >= 15 is 0 Å². The minimum atomic E-state index is -4.48. The maximum absolute atomic E-state index is 13.4. The van der Waals surface area contributed by atoms with Crippen molar-refractivity contribution in [1.82, 2.24) is 4.98 Å². The van der Waals surface area contributed by atoms with E-state index in [1.807, 2.05) is 30.3 Å². The summed E-state index contributed by atoms with van der Waals surface area (Å²) >= 11 is 0. The average Bonchev–Trinajstić information content (AvgIpc) is 2.85. The molecule has 1 heterocycles. The number of nitrogens with zero attached hydrogens (tertiary/aromatic N) is 1. The first-order chi connectivity index (χ1) is 16.3. The standard InChI is InChI=1S/C27H22F3NO3/c1-33-25(32)12-11-18-5-2-6-19(15-18)17-34-21-8-3-7-20(16-21)22-13-14-31-26-23(22)9-4-10-24(26)27(28,29)30/h2-10,13-16H,11-12,17H2,1H3. The molecule has 0 saturated carbocycles. The van der Waals surface area contributed by atoms with Crippen molar-refractivity contribution in [3.8, 4) is 16.9 Å². The summed E-state index contributed by atoms with van der Waals surface area (Å²) in [4.78, 5) is 15.4. The number of pyridine rings is 1. The van der Waals surface area contributed by atoms with Gasteiger partial charge in [-0.15, -0.1) is 0 Å². The number of esters is 1. The number of fused-ring (bicyclic) bond motifs is 1. The van der Waals surface area contributed by atoms with E-state index in [1.165, 1.54) is 19.4 Å². The number of ether oxygens (including phenoxy) is 2. The van der Waals surface area contributed by atoms with Gasteiger partial charge in [0.1, 0.15) is 12.4 Å². The molecule has 0 atom stereocenters. The number of rotatable bonds is 7. The first-order valence-electron chi connectivity index (χ1n) is 10.7. The quantitative estimate of drug-likeness (QED) is 0.288. The second-order valence-corrected chi connectivity index (χ2v) is 7.77. The van der Waals surface area contributed by atoms with Crippen LogP contribution in [0.5, 0.6) is 5.75 Å². The minimum absolute atomic E-state index is 0.0809. The van der Waals surface area contributed by atoms with Crippen LogP contribution in [0.2, 0.25) is 0 Å². The van der Waals surface area contributed by atoms with Gasteiger partial charge in [0.25, 0.3) is 0 Å². The number of hydrogen-bond donors (Lipinski definition) is 0. The highest BCUT2D eigenvalue weighted by Gasteiger charge is 2.33. The molecule has 0 bridgehead atoms. The third-order valence-corrected chi connectivity index (χ3v) is 5.46. The summed E-state index contributed by atoms with van der Waals surface area (Å²) in [5.41, 5.74) is 2.48. The fourth-order valence-corrected chi connectivity index (χ4v) is 3.80. The molecule has 3 aromatic carbocycles. The lowest BCUT2D eigenvalue weighted by molar-refractivity contribution is -0.140. The molecule has 7 heteroatoms. The minimum Gasteiger partial charge on any atom is -0.489 e. The number of para-hydroxylation sites is 1. The van der Waals surface area contributed by atoms with Crippen LogP contribution in [0.25, 0.3) is 22.0 Å². The van der Waals surface area contributed by atoms with Crippen molar-refractivity contribution in [3.05, 3.63) is 95.7 Å². The SMILES string of the molecule is COC(=O)CCc1cccc(COc2cccc(-c3ccnc4c(C(F)(F)F)cccc34)c2)c1. The van der Waals surface area contributed by atoms with Crippen LogP contribution in [0.15, 0.2) is 79.0 Å². The molecule has 4 nitrogen and oxygen atoms in total. The van der Waals surface area contributed by atoms with E-state index in [4.69, 9.17) is 4.74 Å². The zero-order chi connectivity index (χ0) is 24.1. The summed E-state index contributed by atoms with van der Waals surface area (Å²) in [5, 5.41) is 0.424. The molecular weight excluding hydrogens is 443 g/mol. The lowest BCUT2D eigenvalue weighted by atomic mass is 9.99. The Morgan fingerprint density at radius 1 is 0.941 bits per heavy atom. The summed E-state index contributed by atoms with van der Waals surface area (Å²) in [6.45, 7) is 0.310. The topological polar surface area (TPSA) is 48.4 Å². The molecule has 34 heavy (non-hydrogen) atoms. The van der Waals surface area contributed by atoms with Crippen LogP contribution in [-0.2, 0) is 28.7 Å². The number of aryl methyl sites for hydroxylation is 1. The van der Waals surface area contributed by atoms with Crippen LogP contribution < -0.4 is 4.74 Å². The number of carbonyl (C=O) groups excluding carboxylic acids is 1. The van der Waals surface area contributed by atoms with Crippen LogP contribution in [0, 0.1) is 0 Å². The Bertz CT molecular complexity index is 1320. The van der Waals surface area contributed by atoms with Gasteiger partial charge in [-0.05, 0) is 52.9 Å². The van der Waals surface area contributed by atoms with Crippen LogP contribution >= 0.6 is 0 Å². The summed E-state index contributed by atoms with van der Waals surface area (Å²) in [6, 6.07) is 20.8. The predicted octanol–water partition coefficient (Wildman–Crippen LogP) is 6.61. The molecule has 0 saturated heterocycles. The molecule has 0 amide bonds. The predicted molar refractivity (Wildman–Crippen MR) is 123 cm³/mol. The number of alkyl halides is 3. The number of aromatic nitrogens is 1. The van der Waals surface area contributed by atoms with Crippen LogP contribution in [0.1, 0.15) is 23.1 Å². The average molecular weight is 465 g/mol. The van der Waals surface area contributed by atoms with Crippen molar-refractivity contribution in [2.45, 2.75) is 25.6 Å². The van der Waals surface area contributed by atoms with Gasteiger partial charge in [-0.1, -0.05) is 48.5 Å². The van der Waals surface area contributed by atoms with Gasteiger partial charge in [0, 0.05) is 18.0 Å². The van der Waals surface area contributed by atoms with Gasteiger partial charge < -0.3 is 9.47 Å². The zero-order valence-electron chi connectivity index (χ0n) is 18.4. The van der Waals surface area contributed by atoms with Crippen LogP contribution in [-0.4, -0.2) is 18.1 Å². The Balaban J connectivity index is 1.55. The molecule has 0 aliphatic rings. The maximum atomic E-state index is 13.4. The van der Waals surface area contributed by atoms with E-state index in [0.29, 0.717) is 36.1 Å². The van der Waals surface area contributed by atoms with Crippen molar-refractivity contribution in [3.63, 3.8) is 0 Å². The summed E-state index contributed by atoms with van der Waals surface area (Å²) in [6.07, 6.45) is -2.22. The molecule has 0 aliphatic heterocycles. The molecule has 0 unspecified atom stereocenters. The molecule has 0 N–H and O–H groups in total. The van der Waals surface area contributed by atoms with Gasteiger partial charge in [-0.25, -0.2) is 0 Å². The molecule has 0 radical (unpaired) electrons. The van der Waals surface area contributed by atoms with E-state index < -0.39 is 11.7 Å². The highest BCUT2D eigenvalue weighted by atomic mass is 19.4. The second-order valence-electron chi connectivity index (χ2n) is 7.77.